The van der Waals surface area contributed by atoms with Gasteiger partial charge in [-0.3, -0.25) is 19.5 Å². The second kappa shape index (κ2) is 10.9. The molecule has 1 aromatic carbocycles. The maximum atomic E-state index is 13.0. The highest BCUT2D eigenvalue weighted by Crippen LogP contribution is 2.46. The fourth-order valence-electron chi connectivity index (χ4n) is 4.20. The van der Waals surface area contributed by atoms with Gasteiger partial charge in [-0.2, -0.15) is 0 Å². The lowest BCUT2D eigenvalue weighted by Gasteiger charge is -2.30. The largest absolute Gasteiger partial charge is 0.456 e. The number of carbonyl (C=O) groups is 2. The van der Waals surface area contributed by atoms with E-state index in [1.807, 2.05) is 12.1 Å². The molecule has 1 saturated heterocycles. The first-order valence-electron chi connectivity index (χ1n) is 11.9. The number of nitrogen functional groups attached to an aromatic ring is 1. The molecule has 2 aromatic rings. The van der Waals surface area contributed by atoms with Gasteiger partial charge in [-0.15, -0.1) is 0 Å². The van der Waals surface area contributed by atoms with Crippen LogP contribution in [0.2, 0.25) is 0 Å². The summed E-state index contributed by atoms with van der Waals surface area (Å²) in [7, 11) is -4.13. The molecule has 208 valence electrons. The molecule has 1 aliphatic heterocycles. The van der Waals surface area contributed by atoms with Crippen molar-refractivity contribution < 1.29 is 37.4 Å². The van der Waals surface area contributed by atoms with Crippen molar-refractivity contribution in [3.63, 3.8) is 0 Å². The minimum atomic E-state index is -4.13. The van der Waals surface area contributed by atoms with Crippen LogP contribution in [-0.4, -0.2) is 47.7 Å². The molecule has 0 saturated carbocycles. The lowest BCUT2D eigenvalue weighted by atomic mass is 9.87. The molecule has 0 amide bonds. The molecule has 0 radical (unpaired) electrons. The van der Waals surface area contributed by atoms with E-state index >= 15 is 0 Å². The Bertz CT molecular complexity index is 1240. The average Bonchev–Trinajstić information content (AvgIpc) is 3.38. The molecule has 38 heavy (non-hydrogen) atoms. The van der Waals surface area contributed by atoms with Crippen molar-refractivity contribution >= 4 is 25.5 Å². The second-order valence-electron chi connectivity index (χ2n) is 10.3. The summed E-state index contributed by atoms with van der Waals surface area (Å²) in [6, 6.07) is 10.1. The quantitative estimate of drug-likeness (QED) is 0.156. The van der Waals surface area contributed by atoms with Crippen LogP contribution in [0.25, 0.3) is 0 Å². The van der Waals surface area contributed by atoms with Gasteiger partial charge in [0.05, 0.1) is 18.0 Å². The summed E-state index contributed by atoms with van der Waals surface area (Å²) < 4.78 is 41.0. The Morgan fingerprint density at radius 1 is 1.11 bits per heavy atom. The van der Waals surface area contributed by atoms with Gasteiger partial charge in [0.25, 0.3) is 0 Å². The summed E-state index contributed by atoms with van der Waals surface area (Å²) >= 11 is 0. The van der Waals surface area contributed by atoms with Crippen LogP contribution >= 0.6 is 7.75 Å². The number of aromatic amines is 1. The van der Waals surface area contributed by atoms with Gasteiger partial charge in [0.15, 0.2) is 12.2 Å². The van der Waals surface area contributed by atoms with Gasteiger partial charge in [-0.05, 0) is 42.2 Å². The first-order chi connectivity index (χ1) is 17.5. The minimum Gasteiger partial charge on any atom is -0.456 e. The smallest absolute Gasteiger partial charge is 0.456 e. The number of H-pyrrole nitrogens is 1. The number of nitrogens with two attached hydrogens (primary N) is 2. The first kappa shape index (κ1) is 29.4. The molecule has 13 heteroatoms. The number of carbonyl (C=O) groups excluding carboxylic acids is 2. The Morgan fingerprint density at radius 3 is 2.21 bits per heavy atom. The zero-order valence-corrected chi connectivity index (χ0v) is 23.2. The van der Waals surface area contributed by atoms with E-state index in [1.54, 1.807) is 31.2 Å². The SMILES string of the molecule is CC(=O)O[C@H]1[C@@H](OC(C)=O)[C@](C)(c2ccc(C(=N)N)[nH]2)O[C@@H]1COP(N)(=O)Oc1ccc(C(C)(C)C)cc1. The van der Waals surface area contributed by atoms with Gasteiger partial charge in [0.2, 0.25) is 0 Å². The molecular weight excluding hydrogens is 515 g/mol. The van der Waals surface area contributed by atoms with E-state index in [1.165, 1.54) is 13.8 Å². The number of esters is 2. The van der Waals surface area contributed by atoms with Crippen LogP contribution in [0.4, 0.5) is 0 Å². The Labute approximate surface area is 221 Å². The van der Waals surface area contributed by atoms with Crippen molar-refractivity contribution in [2.24, 2.45) is 11.2 Å². The molecular formula is C25H35N4O8P. The Morgan fingerprint density at radius 2 is 1.71 bits per heavy atom. The molecule has 0 spiro atoms. The number of rotatable bonds is 9. The van der Waals surface area contributed by atoms with E-state index in [9.17, 15) is 14.2 Å². The molecule has 0 aliphatic carbocycles. The van der Waals surface area contributed by atoms with Gasteiger partial charge < -0.3 is 29.5 Å². The third-order valence-corrected chi connectivity index (χ3v) is 7.06. The summed E-state index contributed by atoms with van der Waals surface area (Å²) in [6.07, 6.45) is -3.32. The summed E-state index contributed by atoms with van der Waals surface area (Å²) in [5, 5.41) is 7.66. The van der Waals surface area contributed by atoms with Crippen LogP contribution in [0, 0.1) is 5.41 Å². The lowest BCUT2D eigenvalue weighted by molar-refractivity contribution is -0.168. The number of hydrogen-bond acceptors (Lipinski definition) is 9. The van der Waals surface area contributed by atoms with Gasteiger partial charge >= 0.3 is 19.7 Å². The summed E-state index contributed by atoms with van der Waals surface area (Å²) in [4.78, 5) is 26.9. The number of nitrogens with one attached hydrogen (secondary N) is 2. The van der Waals surface area contributed by atoms with Gasteiger partial charge in [-0.25, -0.2) is 10.1 Å². The third-order valence-electron chi connectivity index (χ3n) is 6.08. The fraction of sp³-hybridized carbons (Fsp3) is 0.480. The van der Waals surface area contributed by atoms with Crippen molar-refractivity contribution in [2.75, 3.05) is 6.61 Å². The van der Waals surface area contributed by atoms with Crippen LogP contribution < -0.4 is 15.8 Å². The number of ether oxygens (including phenoxy) is 3. The van der Waals surface area contributed by atoms with Crippen molar-refractivity contribution in [2.45, 2.75) is 70.9 Å². The van der Waals surface area contributed by atoms with Crippen molar-refractivity contribution in [3.8, 4) is 5.75 Å². The van der Waals surface area contributed by atoms with Gasteiger partial charge in [0.1, 0.15) is 23.3 Å². The maximum absolute atomic E-state index is 13.0. The Hall–Kier alpha value is -3.18. The molecule has 3 rings (SSSR count). The number of amidine groups is 1. The van der Waals surface area contributed by atoms with E-state index in [-0.39, 0.29) is 17.0 Å². The highest BCUT2D eigenvalue weighted by molar-refractivity contribution is 7.51. The summed E-state index contributed by atoms with van der Waals surface area (Å²) in [5.41, 5.74) is 11.7. The molecule has 6 N–H and O–H groups in total. The zero-order chi connectivity index (χ0) is 28.5. The van der Waals surface area contributed by atoms with Crippen LogP contribution in [0.15, 0.2) is 36.4 Å². The predicted octanol–water partition coefficient (Wildman–Crippen LogP) is 3.24. The Balaban J connectivity index is 1.84. The summed E-state index contributed by atoms with van der Waals surface area (Å²) in [6.45, 7) is 9.78. The molecule has 0 bridgehead atoms. The number of benzene rings is 1. The van der Waals surface area contributed by atoms with Gasteiger partial charge in [0, 0.05) is 13.8 Å². The minimum absolute atomic E-state index is 0.0809. The van der Waals surface area contributed by atoms with Crippen LogP contribution in [0.1, 0.15) is 58.5 Å². The van der Waals surface area contributed by atoms with Crippen LogP contribution in [0.5, 0.6) is 5.75 Å². The Kier molecular flexibility index (Phi) is 8.42. The van der Waals surface area contributed by atoms with Crippen LogP contribution in [-0.2, 0) is 43.9 Å². The van der Waals surface area contributed by atoms with Crippen molar-refractivity contribution in [3.05, 3.63) is 53.3 Å². The third kappa shape index (κ3) is 6.82. The number of aromatic nitrogens is 1. The highest BCUT2D eigenvalue weighted by Gasteiger charge is 2.58. The molecule has 1 fully saturated rings. The molecule has 1 aliphatic rings. The van der Waals surface area contributed by atoms with Gasteiger partial charge in [-0.1, -0.05) is 32.9 Å². The van der Waals surface area contributed by atoms with Crippen LogP contribution in [0.3, 0.4) is 0 Å². The monoisotopic (exact) mass is 550 g/mol. The summed E-state index contributed by atoms with van der Waals surface area (Å²) in [5.74, 6) is -1.27. The van der Waals surface area contributed by atoms with Crippen molar-refractivity contribution in [1.29, 1.82) is 5.41 Å². The molecule has 12 nitrogen and oxygen atoms in total. The second-order valence-corrected chi connectivity index (χ2v) is 11.8. The first-order valence-corrected chi connectivity index (χ1v) is 13.5. The van der Waals surface area contributed by atoms with E-state index in [4.69, 9.17) is 39.9 Å². The van der Waals surface area contributed by atoms with E-state index in [0.717, 1.165) is 5.56 Å². The molecule has 5 atom stereocenters. The zero-order valence-electron chi connectivity index (χ0n) is 22.3. The maximum Gasteiger partial charge on any atom is 0.456 e. The van der Waals surface area contributed by atoms with E-state index in [0.29, 0.717) is 11.4 Å². The predicted molar refractivity (Wildman–Crippen MR) is 139 cm³/mol. The van der Waals surface area contributed by atoms with E-state index < -0.39 is 50.2 Å². The molecule has 1 aromatic heterocycles. The van der Waals surface area contributed by atoms with E-state index in [2.05, 4.69) is 25.8 Å². The highest BCUT2D eigenvalue weighted by atomic mass is 31.2. The molecule has 1 unspecified atom stereocenters. The number of hydrogen-bond donors (Lipinski definition) is 4. The normalized spacial score (nSPS) is 24.9. The molecule has 2 heterocycles. The van der Waals surface area contributed by atoms with Crippen molar-refractivity contribution in [1.82, 2.24) is 4.98 Å². The fourth-order valence-corrected chi connectivity index (χ4v) is 5.02. The topological polar surface area (TPSA) is 189 Å². The lowest BCUT2D eigenvalue weighted by Crippen LogP contribution is -2.44. The standard InChI is InChI=1S/C25H35N4O8P/c1-14(30)34-21-19(13-33-38(28,32)37-17-9-7-16(8-10-17)24(3,4)5)36-25(6,22(21)35-15(2)31)20-12-11-18(29-20)23(26)27/h7-12,19,21-22,29H,13H2,1-6H3,(H3,26,27)(H2,28,32)/t19-,21-,22-,25+,38?/m1/s1. The average molecular weight is 551 g/mol.